The Hall–Kier alpha value is -2.10. The van der Waals surface area contributed by atoms with Crippen LogP contribution in [0.2, 0.25) is 5.02 Å². The summed E-state index contributed by atoms with van der Waals surface area (Å²) in [5.74, 6) is -0.821. The molecule has 1 N–H and O–H groups in total. The number of nitrogens with one attached hydrogen (secondary N) is 1. The van der Waals surface area contributed by atoms with Crippen molar-refractivity contribution in [3.8, 4) is 0 Å². The summed E-state index contributed by atoms with van der Waals surface area (Å²) in [6.45, 7) is 3.71. The van der Waals surface area contributed by atoms with Gasteiger partial charge in [-0.05, 0) is 43.2 Å². The van der Waals surface area contributed by atoms with Crippen LogP contribution in [0.15, 0.2) is 53.0 Å². The summed E-state index contributed by atoms with van der Waals surface area (Å²) in [7, 11) is -3.81. The number of carbonyl (C=O) groups is 2. The van der Waals surface area contributed by atoms with Gasteiger partial charge >= 0.3 is 0 Å². The number of carbonyl (C=O) groups excluding carboxylic acids is 2. The Kier molecular flexibility index (Phi) is 9.54. The van der Waals surface area contributed by atoms with E-state index in [-0.39, 0.29) is 23.2 Å². The second-order valence-electron chi connectivity index (χ2n) is 7.34. The van der Waals surface area contributed by atoms with Crippen molar-refractivity contribution in [3.63, 3.8) is 0 Å². The van der Waals surface area contributed by atoms with Gasteiger partial charge in [0.15, 0.2) is 0 Å². The zero-order chi connectivity index (χ0) is 23.9. The second kappa shape index (κ2) is 11.7. The molecule has 0 saturated heterocycles. The topological polar surface area (TPSA) is 86.8 Å². The van der Waals surface area contributed by atoms with Crippen molar-refractivity contribution in [1.82, 2.24) is 10.2 Å². The molecule has 0 aromatic heterocycles. The summed E-state index contributed by atoms with van der Waals surface area (Å²) in [5.41, 5.74) is 1.01. The Bertz CT molecular complexity index is 1050. The smallest absolute Gasteiger partial charge is 0.244 e. The van der Waals surface area contributed by atoms with E-state index in [4.69, 9.17) is 11.6 Å². The number of sulfonamides is 1. The van der Waals surface area contributed by atoms with Gasteiger partial charge in [0.05, 0.1) is 17.0 Å². The van der Waals surface area contributed by atoms with Crippen LogP contribution in [-0.2, 0) is 26.2 Å². The molecular formula is C22H27BrClN3O4S. The SMILES string of the molecule is CCCNC(=O)[C@H](C)N(Cc1ccc(Br)cc1)C(=O)CN(c1ccccc1Cl)S(C)(=O)=O. The maximum Gasteiger partial charge on any atom is 0.244 e. The van der Waals surface area contributed by atoms with Gasteiger partial charge in [-0.2, -0.15) is 0 Å². The zero-order valence-corrected chi connectivity index (χ0v) is 21.4. The van der Waals surface area contributed by atoms with Crippen LogP contribution in [0.3, 0.4) is 0 Å². The maximum absolute atomic E-state index is 13.4. The fraction of sp³-hybridized carbons (Fsp3) is 0.364. The molecule has 32 heavy (non-hydrogen) atoms. The van der Waals surface area contributed by atoms with Crippen molar-refractivity contribution < 1.29 is 18.0 Å². The summed E-state index contributed by atoms with van der Waals surface area (Å²) in [6, 6.07) is 13.0. The summed E-state index contributed by atoms with van der Waals surface area (Å²) < 4.78 is 26.8. The van der Waals surface area contributed by atoms with Gasteiger partial charge in [-0.15, -0.1) is 0 Å². The third-order valence-electron chi connectivity index (χ3n) is 4.78. The molecule has 0 spiro atoms. The van der Waals surface area contributed by atoms with Crippen molar-refractivity contribution in [2.75, 3.05) is 23.7 Å². The first-order valence-electron chi connectivity index (χ1n) is 10.1. The first-order chi connectivity index (χ1) is 15.0. The standard InChI is InChI=1S/C22H27BrClN3O4S/c1-4-13-25-22(29)16(2)26(14-17-9-11-18(23)12-10-17)21(28)15-27(32(3,30)31)20-8-6-5-7-19(20)24/h5-12,16H,4,13-15H2,1-3H3,(H,25,29)/t16-/m0/s1. The van der Waals surface area contributed by atoms with Gasteiger partial charge in [-0.25, -0.2) is 8.42 Å². The van der Waals surface area contributed by atoms with Gasteiger partial charge < -0.3 is 10.2 Å². The summed E-state index contributed by atoms with van der Waals surface area (Å²) in [5, 5.41) is 3.00. The normalized spacial score (nSPS) is 12.2. The van der Waals surface area contributed by atoms with Crippen molar-refractivity contribution in [1.29, 1.82) is 0 Å². The van der Waals surface area contributed by atoms with Crippen LogP contribution in [0.4, 0.5) is 5.69 Å². The predicted octanol–water partition coefficient (Wildman–Crippen LogP) is 3.81. The largest absolute Gasteiger partial charge is 0.354 e. The van der Waals surface area contributed by atoms with E-state index in [1.807, 2.05) is 31.2 Å². The predicted molar refractivity (Wildman–Crippen MR) is 131 cm³/mol. The van der Waals surface area contributed by atoms with Crippen LogP contribution >= 0.6 is 27.5 Å². The van der Waals surface area contributed by atoms with E-state index in [1.54, 1.807) is 25.1 Å². The molecule has 0 bridgehead atoms. The average molecular weight is 545 g/mol. The van der Waals surface area contributed by atoms with Crippen LogP contribution in [0.5, 0.6) is 0 Å². The molecule has 0 heterocycles. The van der Waals surface area contributed by atoms with Crippen LogP contribution in [0.1, 0.15) is 25.8 Å². The van der Waals surface area contributed by atoms with Crippen molar-refractivity contribution in [3.05, 3.63) is 63.6 Å². The molecule has 0 aliphatic heterocycles. The van der Waals surface area contributed by atoms with E-state index in [2.05, 4.69) is 21.2 Å². The molecule has 10 heteroatoms. The second-order valence-corrected chi connectivity index (χ2v) is 10.6. The highest BCUT2D eigenvalue weighted by atomic mass is 79.9. The molecule has 1 atom stereocenters. The number of halogens is 2. The lowest BCUT2D eigenvalue weighted by Gasteiger charge is -2.31. The Morgan fingerprint density at radius 2 is 1.75 bits per heavy atom. The van der Waals surface area contributed by atoms with Gasteiger partial charge in [0, 0.05) is 17.6 Å². The molecule has 0 aliphatic rings. The van der Waals surface area contributed by atoms with E-state index in [0.717, 1.165) is 27.0 Å². The lowest BCUT2D eigenvalue weighted by Crippen LogP contribution is -2.51. The molecule has 2 aromatic rings. The molecule has 0 saturated carbocycles. The lowest BCUT2D eigenvalue weighted by molar-refractivity contribution is -0.139. The molecular weight excluding hydrogens is 518 g/mol. The van der Waals surface area contributed by atoms with Crippen LogP contribution in [0, 0.1) is 0 Å². The minimum Gasteiger partial charge on any atom is -0.354 e. The lowest BCUT2D eigenvalue weighted by atomic mass is 10.1. The van der Waals surface area contributed by atoms with E-state index in [1.165, 1.54) is 11.0 Å². The summed E-state index contributed by atoms with van der Waals surface area (Å²) >= 11 is 9.58. The number of anilines is 1. The van der Waals surface area contributed by atoms with Gasteiger partial charge in [-0.1, -0.05) is 58.7 Å². The quantitative estimate of drug-likeness (QED) is 0.493. The van der Waals surface area contributed by atoms with Gasteiger partial charge in [0.2, 0.25) is 21.8 Å². The molecule has 0 aliphatic carbocycles. The monoisotopic (exact) mass is 543 g/mol. The Morgan fingerprint density at radius 1 is 1.12 bits per heavy atom. The van der Waals surface area contributed by atoms with E-state index < -0.39 is 28.5 Å². The minimum absolute atomic E-state index is 0.146. The molecule has 0 unspecified atom stereocenters. The number of para-hydroxylation sites is 1. The molecule has 2 aromatic carbocycles. The third kappa shape index (κ3) is 7.21. The summed E-state index contributed by atoms with van der Waals surface area (Å²) in [4.78, 5) is 27.4. The molecule has 7 nitrogen and oxygen atoms in total. The fourth-order valence-electron chi connectivity index (χ4n) is 3.01. The Labute approximate surface area is 202 Å². The highest BCUT2D eigenvalue weighted by Gasteiger charge is 2.30. The Balaban J connectivity index is 2.37. The molecule has 2 rings (SSSR count). The van der Waals surface area contributed by atoms with Gasteiger partial charge in [0.1, 0.15) is 12.6 Å². The number of hydrogen-bond acceptors (Lipinski definition) is 4. The summed E-state index contributed by atoms with van der Waals surface area (Å²) in [6.07, 6.45) is 1.77. The highest BCUT2D eigenvalue weighted by molar-refractivity contribution is 9.10. The molecule has 2 amide bonds. The molecule has 0 radical (unpaired) electrons. The first kappa shape index (κ1) is 26.2. The third-order valence-corrected chi connectivity index (χ3v) is 6.76. The maximum atomic E-state index is 13.4. The molecule has 0 fully saturated rings. The zero-order valence-electron chi connectivity index (χ0n) is 18.2. The van der Waals surface area contributed by atoms with Crippen molar-refractivity contribution >= 4 is 55.1 Å². The fourth-order valence-corrected chi connectivity index (χ4v) is 4.43. The number of hydrogen-bond donors (Lipinski definition) is 1. The first-order valence-corrected chi connectivity index (χ1v) is 13.1. The van der Waals surface area contributed by atoms with Crippen LogP contribution in [0.25, 0.3) is 0 Å². The average Bonchev–Trinajstić information content (AvgIpc) is 2.74. The molecule has 174 valence electrons. The van der Waals surface area contributed by atoms with E-state index in [0.29, 0.717) is 6.54 Å². The Morgan fingerprint density at radius 3 is 2.31 bits per heavy atom. The van der Waals surface area contributed by atoms with Gasteiger partial charge in [0.25, 0.3) is 0 Å². The van der Waals surface area contributed by atoms with E-state index in [9.17, 15) is 18.0 Å². The van der Waals surface area contributed by atoms with Crippen molar-refractivity contribution in [2.24, 2.45) is 0 Å². The van der Waals surface area contributed by atoms with E-state index >= 15 is 0 Å². The number of rotatable bonds is 10. The van der Waals surface area contributed by atoms with Crippen LogP contribution < -0.4 is 9.62 Å². The van der Waals surface area contributed by atoms with Crippen LogP contribution in [-0.4, -0.2) is 50.5 Å². The van der Waals surface area contributed by atoms with Gasteiger partial charge in [-0.3, -0.25) is 13.9 Å². The number of benzene rings is 2. The minimum atomic E-state index is -3.81. The van der Waals surface area contributed by atoms with Crippen molar-refractivity contribution in [2.45, 2.75) is 32.9 Å². The number of amides is 2. The highest BCUT2D eigenvalue weighted by Crippen LogP contribution is 2.27. The number of nitrogens with zero attached hydrogens (tertiary/aromatic N) is 2.